The van der Waals surface area contributed by atoms with Gasteiger partial charge >= 0.3 is 16.2 Å². The number of carbonyl (C=O) groups is 1. The number of ether oxygens (including phenoxy) is 1. The number of benzene rings is 2. The van der Waals surface area contributed by atoms with E-state index in [4.69, 9.17) is 4.74 Å². The predicted molar refractivity (Wildman–Crippen MR) is 150 cm³/mol. The summed E-state index contributed by atoms with van der Waals surface area (Å²) < 4.78 is 37.6. The van der Waals surface area contributed by atoms with Gasteiger partial charge in [-0.15, -0.1) is 0 Å². The first-order valence-electron chi connectivity index (χ1n) is 13.8. The molecule has 0 radical (unpaired) electrons. The molecule has 1 saturated carbocycles. The summed E-state index contributed by atoms with van der Waals surface area (Å²) in [6, 6.07) is 7.94. The number of anilines is 1. The Morgan fingerprint density at radius 3 is 2.21 bits per heavy atom. The van der Waals surface area contributed by atoms with Crippen LogP contribution in [-0.4, -0.2) is 48.0 Å². The number of fused-ring (bicyclic) bond motifs is 3. The van der Waals surface area contributed by atoms with Crippen molar-refractivity contribution >= 4 is 21.9 Å². The van der Waals surface area contributed by atoms with E-state index >= 15 is 0 Å². The fourth-order valence-electron chi connectivity index (χ4n) is 6.69. The van der Waals surface area contributed by atoms with Gasteiger partial charge in [-0.05, 0) is 88.6 Å². The van der Waals surface area contributed by atoms with Crippen molar-refractivity contribution in [3.63, 3.8) is 0 Å². The summed E-state index contributed by atoms with van der Waals surface area (Å²) in [5, 5.41) is 10.4. The molecule has 8 heteroatoms. The summed E-state index contributed by atoms with van der Waals surface area (Å²) in [5.41, 5.74) is 5.95. The van der Waals surface area contributed by atoms with Crippen molar-refractivity contribution in [2.75, 3.05) is 10.8 Å². The summed E-state index contributed by atoms with van der Waals surface area (Å²) >= 11 is 0. The fourth-order valence-corrected chi connectivity index (χ4v) is 8.86. The van der Waals surface area contributed by atoms with Crippen molar-refractivity contribution in [1.82, 2.24) is 4.31 Å². The number of aliphatic carboxylic acids is 1. The van der Waals surface area contributed by atoms with Crippen molar-refractivity contribution < 1.29 is 23.1 Å². The third-order valence-electron chi connectivity index (χ3n) is 8.35. The van der Waals surface area contributed by atoms with Gasteiger partial charge < -0.3 is 9.84 Å². The van der Waals surface area contributed by atoms with Crippen LogP contribution in [-0.2, 0) is 26.2 Å². The molecule has 2 aromatic rings. The minimum atomic E-state index is -3.72. The van der Waals surface area contributed by atoms with Gasteiger partial charge in [0, 0.05) is 18.2 Å². The van der Waals surface area contributed by atoms with Crippen LogP contribution in [0.4, 0.5) is 5.69 Å². The Kier molecular flexibility index (Phi) is 6.89. The third kappa shape index (κ3) is 4.54. The zero-order valence-corrected chi connectivity index (χ0v) is 24.2. The monoisotopic (exact) mass is 540 g/mol. The molecular formula is C30H40N2O5S. The average Bonchev–Trinajstić information content (AvgIpc) is 3.36. The van der Waals surface area contributed by atoms with Crippen LogP contribution in [0.15, 0.2) is 24.3 Å². The molecule has 0 unspecified atom stereocenters. The van der Waals surface area contributed by atoms with Crippen LogP contribution in [0, 0.1) is 20.8 Å². The Labute approximate surface area is 227 Å². The predicted octanol–water partition coefficient (Wildman–Crippen LogP) is 5.84. The van der Waals surface area contributed by atoms with E-state index in [9.17, 15) is 18.3 Å². The normalized spacial score (nSPS) is 22.4. The molecule has 2 heterocycles. The maximum atomic E-state index is 14.0. The molecule has 1 aliphatic carbocycles. The summed E-state index contributed by atoms with van der Waals surface area (Å²) in [6.45, 7) is 11.9. The van der Waals surface area contributed by atoms with Crippen molar-refractivity contribution in [2.45, 2.75) is 104 Å². The van der Waals surface area contributed by atoms with Gasteiger partial charge in [-0.2, -0.15) is 12.7 Å². The molecule has 206 valence electrons. The van der Waals surface area contributed by atoms with Crippen LogP contribution in [0.1, 0.15) is 86.8 Å². The summed E-state index contributed by atoms with van der Waals surface area (Å²) in [4.78, 5) is 12.7. The molecule has 2 aliphatic heterocycles. The molecule has 0 spiro atoms. The molecule has 1 saturated heterocycles. The number of hydrogen-bond donors (Lipinski definition) is 1. The molecule has 7 nitrogen and oxygen atoms in total. The summed E-state index contributed by atoms with van der Waals surface area (Å²) in [5.74, 6) is -1.08. The van der Waals surface area contributed by atoms with E-state index in [2.05, 4.69) is 0 Å². The second-order valence-electron chi connectivity index (χ2n) is 12.2. The van der Waals surface area contributed by atoms with Crippen LogP contribution >= 0.6 is 0 Å². The maximum Gasteiger partial charge on any atom is 0.337 e. The minimum Gasteiger partial charge on any atom is -0.479 e. The zero-order chi connectivity index (χ0) is 27.6. The van der Waals surface area contributed by atoms with E-state index < -0.39 is 27.9 Å². The smallest absolute Gasteiger partial charge is 0.337 e. The molecule has 2 aromatic carbocycles. The van der Waals surface area contributed by atoms with Crippen LogP contribution < -0.4 is 4.31 Å². The lowest BCUT2D eigenvalue weighted by atomic mass is 9.84. The molecule has 0 bridgehead atoms. The molecule has 38 heavy (non-hydrogen) atoms. The van der Waals surface area contributed by atoms with Gasteiger partial charge in [0.2, 0.25) is 0 Å². The second kappa shape index (κ2) is 9.65. The first-order chi connectivity index (χ1) is 17.8. The number of rotatable bonds is 5. The molecular weight excluding hydrogens is 500 g/mol. The number of carboxylic acids is 1. The van der Waals surface area contributed by atoms with Gasteiger partial charge in [0.25, 0.3) is 0 Å². The first kappa shape index (κ1) is 27.2. The van der Waals surface area contributed by atoms with E-state index in [0.29, 0.717) is 29.8 Å². The van der Waals surface area contributed by atoms with E-state index in [1.807, 2.05) is 65.8 Å². The Hall–Kier alpha value is -2.42. The summed E-state index contributed by atoms with van der Waals surface area (Å²) in [7, 11) is -3.72. The highest BCUT2D eigenvalue weighted by Crippen LogP contribution is 2.51. The minimum absolute atomic E-state index is 0.0477. The van der Waals surface area contributed by atoms with Crippen molar-refractivity contribution in [3.8, 4) is 11.1 Å². The van der Waals surface area contributed by atoms with E-state index in [1.54, 1.807) is 8.61 Å². The lowest BCUT2D eigenvalue weighted by molar-refractivity contribution is -0.160. The van der Waals surface area contributed by atoms with Crippen LogP contribution in [0.25, 0.3) is 11.1 Å². The Morgan fingerprint density at radius 2 is 1.63 bits per heavy atom. The second-order valence-corrected chi connectivity index (χ2v) is 14.0. The maximum absolute atomic E-state index is 14.0. The third-order valence-corrected chi connectivity index (χ3v) is 10.4. The van der Waals surface area contributed by atoms with E-state index in [1.165, 1.54) is 0 Å². The van der Waals surface area contributed by atoms with Gasteiger partial charge in [0.15, 0.2) is 6.10 Å². The Morgan fingerprint density at radius 1 is 1.00 bits per heavy atom. The number of nitrogens with zero attached hydrogens (tertiary/aromatic N) is 2. The topological polar surface area (TPSA) is 87.2 Å². The number of hydrogen-bond acceptors (Lipinski definition) is 4. The van der Waals surface area contributed by atoms with Gasteiger partial charge in [-0.1, -0.05) is 49.1 Å². The van der Waals surface area contributed by atoms with Crippen molar-refractivity contribution in [3.05, 3.63) is 52.1 Å². The largest absolute Gasteiger partial charge is 0.479 e. The highest BCUT2D eigenvalue weighted by atomic mass is 32.2. The van der Waals surface area contributed by atoms with Crippen LogP contribution in [0.5, 0.6) is 0 Å². The molecule has 0 aromatic heterocycles. The molecule has 3 aliphatic rings. The Bertz CT molecular complexity index is 1350. The van der Waals surface area contributed by atoms with Crippen molar-refractivity contribution in [2.24, 2.45) is 0 Å². The molecule has 0 amide bonds. The number of carboxylic acid groups (broad SMARTS) is 1. The van der Waals surface area contributed by atoms with Gasteiger partial charge in [0.05, 0.1) is 17.3 Å². The highest BCUT2D eigenvalue weighted by molar-refractivity contribution is 7.90. The Balaban J connectivity index is 1.72. The van der Waals surface area contributed by atoms with Crippen molar-refractivity contribution in [1.29, 1.82) is 0 Å². The summed E-state index contributed by atoms with van der Waals surface area (Å²) in [6.07, 6.45) is 4.48. The molecule has 2 fully saturated rings. The van der Waals surface area contributed by atoms with Gasteiger partial charge in [0.1, 0.15) is 0 Å². The molecule has 1 N–H and O–H groups in total. The zero-order valence-electron chi connectivity index (χ0n) is 23.4. The standard InChI is InChI=1S/C30H40N2O5S/c1-18-12-14-21(15-13-18)25-19(2)24-16-23-17-31(22-10-8-7-9-11-22)38(35,36)32(23)27(24)20(3)26(25)28(29(33)34)37-30(4,5)6/h12-15,22-23,28H,7-11,16-17H2,1-6H3,(H,33,34)/t23-,28+/m1/s1. The average molecular weight is 541 g/mol. The quantitative estimate of drug-likeness (QED) is 0.515. The highest BCUT2D eigenvalue weighted by Gasteiger charge is 2.52. The van der Waals surface area contributed by atoms with Gasteiger partial charge in [-0.25, -0.2) is 4.79 Å². The fraction of sp³-hybridized carbons (Fsp3) is 0.567. The van der Waals surface area contributed by atoms with Gasteiger partial charge in [-0.3, -0.25) is 4.31 Å². The van der Waals surface area contributed by atoms with Crippen LogP contribution in [0.3, 0.4) is 0 Å². The lowest BCUT2D eigenvalue weighted by Gasteiger charge is -2.32. The number of aryl methyl sites for hydroxylation is 1. The lowest BCUT2D eigenvalue weighted by Crippen LogP contribution is -2.41. The molecule has 5 rings (SSSR count). The van der Waals surface area contributed by atoms with E-state index in [-0.39, 0.29) is 12.1 Å². The SMILES string of the molecule is Cc1ccc(-c2c(C)c3c(c(C)c2[C@H](OC(C)(C)C)C(=O)O)N2[C@H](C3)CN(C3CCCCC3)S2(=O)=O)cc1. The van der Waals surface area contributed by atoms with Crippen LogP contribution in [0.2, 0.25) is 0 Å². The first-order valence-corrected chi connectivity index (χ1v) is 15.2. The molecule has 2 atom stereocenters. The van der Waals surface area contributed by atoms with E-state index in [0.717, 1.165) is 59.9 Å².